The molecule has 0 bridgehead atoms. The molecular weight excluding hydrogens is 393 g/mol. The van der Waals surface area contributed by atoms with Gasteiger partial charge in [-0.25, -0.2) is 0 Å². The maximum atomic E-state index is 12.0. The van der Waals surface area contributed by atoms with Gasteiger partial charge < -0.3 is 10.2 Å². The van der Waals surface area contributed by atoms with Crippen molar-refractivity contribution in [1.82, 2.24) is 10.2 Å². The highest BCUT2D eigenvalue weighted by Crippen LogP contribution is 2.28. The van der Waals surface area contributed by atoms with E-state index in [2.05, 4.69) is 53.2 Å². The first-order valence-corrected chi connectivity index (χ1v) is 9.56. The van der Waals surface area contributed by atoms with Gasteiger partial charge in [-0.3, -0.25) is 9.69 Å². The topological polar surface area (TPSA) is 35.6 Å². The number of hydrogen-bond acceptors (Lipinski definition) is 3. The van der Waals surface area contributed by atoms with E-state index in [9.17, 15) is 4.79 Å². The lowest BCUT2D eigenvalue weighted by Gasteiger charge is -2.36. The maximum absolute atomic E-state index is 12.0. The van der Waals surface area contributed by atoms with Gasteiger partial charge in [0, 0.05) is 44.0 Å². The average molecular weight is 422 g/mol. The summed E-state index contributed by atoms with van der Waals surface area (Å²) in [5.41, 5.74) is 6.06. The van der Waals surface area contributed by atoms with E-state index in [1.54, 1.807) is 0 Å². The Balaban J connectivity index is 0.00000140. The lowest BCUT2D eigenvalue weighted by Crippen LogP contribution is -2.47. The van der Waals surface area contributed by atoms with Crippen molar-refractivity contribution in [2.75, 3.05) is 37.6 Å². The molecule has 2 aliphatic heterocycles. The first-order chi connectivity index (χ1) is 12.6. The second-order valence-electron chi connectivity index (χ2n) is 7.50. The van der Waals surface area contributed by atoms with Gasteiger partial charge in [0.25, 0.3) is 5.91 Å². The summed E-state index contributed by atoms with van der Waals surface area (Å²) in [4.78, 5) is 17.0. The summed E-state index contributed by atoms with van der Waals surface area (Å²) in [6.07, 6.45) is 0.979. The molecule has 4 rings (SSSR count). The number of amides is 1. The highest BCUT2D eigenvalue weighted by Gasteiger charge is 2.28. The van der Waals surface area contributed by atoms with Gasteiger partial charge in [0.05, 0.1) is 6.04 Å². The zero-order chi connectivity index (χ0) is 18.1. The number of carbonyl (C=O) groups excluding carboxylic acids is 1. The van der Waals surface area contributed by atoms with Crippen molar-refractivity contribution in [1.29, 1.82) is 0 Å². The molecule has 1 fully saturated rings. The van der Waals surface area contributed by atoms with Gasteiger partial charge in [0.2, 0.25) is 0 Å². The van der Waals surface area contributed by atoms with Crippen molar-refractivity contribution in [3.8, 4) is 0 Å². The molecule has 4 nitrogen and oxygen atoms in total. The van der Waals surface area contributed by atoms with E-state index < -0.39 is 0 Å². The van der Waals surface area contributed by atoms with Crippen molar-refractivity contribution in [2.24, 2.45) is 0 Å². The molecule has 2 aromatic carbocycles. The Morgan fingerprint density at radius 3 is 2.39 bits per heavy atom. The normalized spacial score (nSPS) is 18.7. The molecule has 0 spiro atoms. The number of fused-ring (bicyclic) bond motifs is 1. The first-order valence-electron chi connectivity index (χ1n) is 9.56. The molecule has 1 N–H and O–H groups in total. The quantitative estimate of drug-likeness (QED) is 0.805. The molecule has 0 saturated carbocycles. The SMILES string of the molecule is Cc1ccc(N2CCN(CCC3NC(=O)c4ccccc43)CC2)cc1C.Cl.Cl. The number of carbonyl (C=O) groups is 1. The zero-order valence-electron chi connectivity index (χ0n) is 16.5. The Labute approximate surface area is 180 Å². The van der Waals surface area contributed by atoms with Crippen molar-refractivity contribution in [3.05, 3.63) is 64.7 Å². The van der Waals surface area contributed by atoms with Gasteiger partial charge >= 0.3 is 0 Å². The largest absolute Gasteiger partial charge is 0.369 e. The van der Waals surface area contributed by atoms with Crippen LogP contribution in [0.25, 0.3) is 0 Å². The molecule has 28 heavy (non-hydrogen) atoms. The van der Waals surface area contributed by atoms with Crippen LogP contribution >= 0.6 is 24.8 Å². The van der Waals surface area contributed by atoms with Crippen molar-refractivity contribution < 1.29 is 4.79 Å². The molecule has 2 heterocycles. The van der Waals surface area contributed by atoms with Gasteiger partial charge in [-0.2, -0.15) is 0 Å². The predicted octanol–water partition coefficient (Wildman–Crippen LogP) is 4.14. The van der Waals surface area contributed by atoms with Gasteiger partial charge in [0.1, 0.15) is 0 Å². The lowest BCUT2D eigenvalue weighted by atomic mass is 10.0. The molecular formula is C22H29Cl2N3O. The van der Waals surface area contributed by atoms with Crippen LogP contribution in [-0.2, 0) is 0 Å². The molecule has 2 aliphatic rings. The fourth-order valence-electron chi connectivity index (χ4n) is 4.01. The predicted molar refractivity (Wildman–Crippen MR) is 120 cm³/mol. The monoisotopic (exact) mass is 421 g/mol. The molecule has 2 aromatic rings. The molecule has 0 radical (unpaired) electrons. The highest BCUT2D eigenvalue weighted by molar-refractivity contribution is 5.99. The fourth-order valence-corrected chi connectivity index (χ4v) is 4.01. The van der Waals surface area contributed by atoms with Crippen LogP contribution < -0.4 is 10.2 Å². The standard InChI is InChI=1S/C22H27N3O.2ClH/c1-16-7-8-18(15-17(16)2)25-13-11-24(12-14-25)10-9-21-19-5-3-4-6-20(19)22(26)23-21;;/h3-8,15,21H,9-14H2,1-2H3,(H,23,26);2*1H. The van der Waals surface area contributed by atoms with E-state index in [1.807, 2.05) is 18.2 Å². The Kier molecular flexibility index (Phi) is 7.76. The van der Waals surface area contributed by atoms with E-state index in [-0.39, 0.29) is 36.8 Å². The van der Waals surface area contributed by atoms with E-state index in [0.29, 0.717) is 0 Å². The van der Waals surface area contributed by atoms with Crippen LogP contribution in [-0.4, -0.2) is 43.5 Å². The fraction of sp³-hybridized carbons (Fsp3) is 0.409. The van der Waals surface area contributed by atoms with Crippen LogP contribution in [0.15, 0.2) is 42.5 Å². The minimum Gasteiger partial charge on any atom is -0.369 e. The average Bonchev–Trinajstić information content (AvgIpc) is 2.99. The van der Waals surface area contributed by atoms with E-state index in [1.165, 1.54) is 16.8 Å². The molecule has 6 heteroatoms. The summed E-state index contributed by atoms with van der Waals surface area (Å²) in [5.74, 6) is 0.0742. The number of anilines is 1. The molecule has 1 unspecified atom stereocenters. The third-order valence-electron chi connectivity index (χ3n) is 5.85. The summed E-state index contributed by atoms with van der Waals surface area (Å²) < 4.78 is 0. The summed E-state index contributed by atoms with van der Waals surface area (Å²) in [7, 11) is 0. The van der Waals surface area contributed by atoms with Crippen molar-refractivity contribution in [3.63, 3.8) is 0 Å². The Morgan fingerprint density at radius 1 is 0.964 bits per heavy atom. The molecule has 1 atom stereocenters. The van der Waals surface area contributed by atoms with Crippen molar-refractivity contribution >= 4 is 36.4 Å². The zero-order valence-corrected chi connectivity index (χ0v) is 18.1. The summed E-state index contributed by atoms with van der Waals surface area (Å²) in [5, 5.41) is 3.13. The third-order valence-corrected chi connectivity index (χ3v) is 5.85. The third kappa shape index (κ3) is 4.62. The van der Waals surface area contributed by atoms with Crippen LogP contribution in [0.3, 0.4) is 0 Å². The number of hydrogen-bond donors (Lipinski definition) is 1. The minimum absolute atomic E-state index is 0. The Bertz CT molecular complexity index is 819. The van der Waals surface area contributed by atoms with Crippen LogP contribution in [0, 0.1) is 13.8 Å². The lowest BCUT2D eigenvalue weighted by molar-refractivity contribution is 0.0952. The number of rotatable bonds is 4. The van der Waals surface area contributed by atoms with Crippen LogP contribution in [0.5, 0.6) is 0 Å². The van der Waals surface area contributed by atoms with Gasteiger partial charge in [-0.05, 0) is 55.2 Å². The van der Waals surface area contributed by atoms with E-state index in [0.717, 1.165) is 50.3 Å². The van der Waals surface area contributed by atoms with Crippen LogP contribution in [0.1, 0.15) is 39.5 Å². The number of halogens is 2. The Hall–Kier alpha value is -1.75. The highest BCUT2D eigenvalue weighted by atomic mass is 35.5. The molecule has 0 aromatic heterocycles. The van der Waals surface area contributed by atoms with E-state index >= 15 is 0 Å². The number of aryl methyl sites for hydroxylation is 2. The summed E-state index contributed by atoms with van der Waals surface area (Å²) in [6, 6.07) is 14.9. The molecule has 1 amide bonds. The van der Waals surface area contributed by atoms with Crippen LogP contribution in [0.4, 0.5) is 5.69 Å². The summed E-state index contributed by atoms with van der Waals surface area (Å²) >= 11 is 0. The smallest absolute Gasteiger partial charge is 0.252 e. The van der Waals surface area contributed by atoms with Crippen molar-refractivity contribution in [2.45, 2.75) is 26.3 Å². The molecule has 0 aliphatic carbocycles. The minimum atomic E-state index is 0. The number of benzene rings is 2. The Morgan fingerprint density at radius 2 is 1.68 bits per heavy atom. The molecule has 1 saturated heterocycles. The van der Waals surface area contributed by atoms with Crippen LogP contribution in [0.2, 0.25) is 0 Å². The maximum Gasteiger partial charge on any atom is 0.252 e. The van der Waals surface area contributed by atoms with Gasteiger partial charge in [0.15, 0.2) is 0 Å². The second-order valence-corrected chi connectivity index (χ2v) is 7.50. The number of nitrogens with one attached hydrogen (secondary N) is 1. The van der Waals surface area contributed by atoms with Gasteiger partial charge in [-0.1, -0.05) is 24.3 Å². The van der Waals surface area contributed by atoms with Gasteiger partial charge in [-0.15, -0.1) is 24.8 Å². The van der Waals surface area contributed by atoms with E-state index in [4.69, 9.17) is 0 Å². The second kappa shape index (κ2) is 9.64. The summed E-state index contributed by atoms with van der Waals surface area (Å²) in [6.45, 7) is 9.66. The molecule has 152 valence electrons. The number of nitrogens with zero attached hydrogens (tertiary/aromatic N) is 2. The number of piperazine rings is 1. The first kappa shape index (κ1) is 22.5.